The van der Waals surface area contributed by atoms with Crippen molar-refractivity contribution in [1.29, 1.82) is 0 Å². The molecule has 0 aliphatic heterocycles. The van der Waals surface area contributed by atoms with Gasteiger partial charge in [-0.3, -0.25) is 9.59 Å². The zero-order valence-electron chi connectivity index (χ0n) is 10.3. The number of para-hydroxylation sites is 1. The summed E-state index contributed by atoms with van der Waals surface area (Å²) in [5, 5.41) is 2.77. The summed E-state index contributed by atoms with van der Waals surface area (Å²) >= 11 is 0. The number of primary amides is 1. The van der Waals surface area contributed by atoms with E-state index in [-0.39, 0.29) is 12.3 Å². The van der Waals surface area contributed by atoms with Crippen molar-refractivity contribution in [3.8, 4) is 0 Å². The van der Waals surface area contributed by atoms with Crippen LogP contribution in [0.2, 0.25) is 0 Å². The smallest absolute Gasteiger partial charge is 0.248 e. The maximum absolute atomic E-state index is 11.9. The van der Waals surface area contributed by atoms with Gasteiger partial charge in [-0.2, -0.15) is 0 Å². The molecule has 96 valence electrons. The van der Waals surface area contributed by atoms with Crippen molar-refractivity contribution in [3.05, 3.63) is 65.7 Å². The number of hydrogen-bond acceptors (Lipinski definition) is 2. The molecule has 0 atom stereocenters. The second-order valence-electron chi connectivity index (χ2n) is 4.11. The van der Waals surface area contributed by atoms with Gasteiger partial charge in [0.25, 0.3) is 0 Å². The number of amides is 2. The zero-order chi connectivity index (χ0) is 13.7. The molecule has 0 aliphatic carbocycles. The van der Waals surface area contributed by atoms with Gasteiger partial charge in [-0.1, -0.05) is 36.4 Å². The summed E-state index contributed by atoms with van der Waals surface area (Å²) in [4.78, 5) is 23.1. The van der Waals surface area contributed by atoms with E-state index in [1.807, 2.05) is 18.2 Å². The van der Waals surface area contributed by atoms with Gasteiger partial charge < -0.3 is 11.1 Å². The number of carbonyl (C=O) groups is 2. The van der Waals surface area contributed by atoms with Crippen molar-refractivity contribution in [3.63, 3.8) is 0 Å². The van der Waals surface area contributed by atoms with Crippen molar-refractivity contribution in [2.24, 2.45) is 5.73 Å². The highest BCUT2D eigenvalue weighted by Crippen LogP contribution is 2.11. The lowest BCUT2D eigenvalue weighted by Crippen LogP contribution is -2.19. The summed E-state index contributed by atoms with van der Waals surface area (Å²) in [6.45, 7) is 0. The minimum Gasteiger partial charge on any atom is -0.366 e. The highest BCUT2D eigenvalue weighted by atomic mass is 16.2. The Bertz CT molecular complexity index is 594. The van der Waals surface area contributed by atoms with E-state index in [0.29, 0.717) is 11.1 Å². The lowest BCUT2D eigenvalue weighted by atomic mass is 10.0. The van der Waals surface area contributed by atoms with Crippen LogP contribution in [-0.2, 0) is 11.2 Å². The second kappa shape index (κ2) is 5.82. The molecule has 2 aromatic rings. The maximum Gasteiger partial charge on any atom is 0.248 e. The van der Waals surface area contributed by atoms with Crippen LogP contribution in [0.1, 0.15) is 15.9 Å². The van der Waals surface area contributed by atoms with Crippen LogP contribution in [0, 0.1) is 0 Å². The van der Waals surface area contributed by atoms with Crippen molar-refractivity contribution in [2.75, 3.05) is 5.32 Å². The van der Waals surface area contributed by atoms with E-state index in [4.69, 9.17) is 5.73 Å². The van der Waals surface area contributed by atoms with E-state index in [0.717, 1.165) is 5.69 Å². The Kier molecular flexibility index (Phi) is 3.93. The summed E-state index contributed by atoms with van der Waals surface area (Å²) in [5.41, 5.74) is 7.01. The van der Waals surface area contributed by atoms with Crippen LogP contribution in [0.15, 0.2) is 54.6 Å². The number of rotatable bonds is 4. The molecule has 4 heteroatoms. The first-order valence-corrected chi connectivity index (χ1v) is 5.89. The molecule has 0 aliphatic rings. The van der Waals surface area contributed by atoms with Crippen LogP contribution in [0.4, 0.5) is 5.69 Å². The van der Waals surface area contributed by atoms with Crippen LogP contribution in [-0.4, -0.2) is 11.8 Å². The molecule has 3 N–H and O–H groups in total. The summed E-state index contributed by atoms with van der Waals surface area (Å²) in [5.74, 6) is -0.706. The van der Waals surface area contributed by atoms with Gasteiger partial charge in [0.1, 0.15) is 0 Å². The first kappa shape index (κ1) is 12.8. The molecule has 0 saturated heterocycles. The largest absolute Gasteiger partial charge is 0.366 e. The number of carbonyl (C=O) groups excluding carboxylic acids is 2. The van der Waals surface area contributed by atoms with E-state index in [1.165, 1.54) is 0 Å². The SMILES string of the molecule is NC(=O)c1ccccc1CC(=O)Nc1ccccc1. The monoisotopic (exact) mass is 254 g/mol. The van der Waals surface area contributed by atoms with Gasteiger partial charge in [-0.25, -0.2) is 0 Å². The molecule has 0 bridgehead atoms. The average molecular weight is 254 g/mol. The third-order valence-corrected chi connectivity index (χ3v) is 2.69. The van der Waals surface area contributed by atoms with Gasteiger partial charge in [0.2, 0.25) is 11.8 Å². The molecule has 0 heterocycles. The molecule has 19 heavy (non-hydrogen) atoms. The topological polar surface area (TPSA) is 72.2 Å². The summed E-state index contributed by atoms with van der Waals surface area (Å²) in [6.07, 6.45) is 0.119. The number of hydrogen-bond donors (Lipinski definition) is 2. The van der Waals surface area contributed by atoms with Gasteiger partial charge in [0.15, 0.2) is 0 Å². The standard InChI is InChI=1S/C15H14N2O2/c16-15(19)13-9-5-4-6-11(13)10-14(18)17-12-7-2-1-3-8-12/h1-9H,10H2,(H2,16,19)(H,17,18). The average Bonchev–Trinajstić information content (AvgIpc) is 2.40. The Labute approximate surface area is 111 Å². The Morgan fingerprint density at radius 1 is 0.947 bits per heavy atom. The minimum absolute atomic E-state index is 0.119. The van der Waals surface area contributed by atoms with E-state index in [2.05, 4.69) is 5.32 Å². The lowest BCUT2D eigenvalue weighted by Gasteiger charge is -2.07. The van der Waals surface area contributed by atoms with Gasteiger partial charge >= 0.3 is 0 Å². The predicted octanol–water partition coefficient (Wildman–Crippen LogP) is 1.97. The molecule has 0 unspecified atom stereocenters. The fourth-order valence-electron chi connectivity index (χ4n) is 1.81. The molecule has 4 nitrogen and oxygen atoms in total. The summed E-state index contributed by atoms with van der Waals surface area (Å²) in [6, 6.07) is 16.0. The molecule has 2 rings (SSSR count). The highest BCUT2D eigenvalue weighted by Gasteiger charge is 2.11. The second-order valence-corrected chi connectivity index (χ2v) is 4.11. The normalized spacial score (nSPS) is 9.89. The van der Waals surface area contributed by atoms with E-state index < -0.39 is 5.91 Å². The Balaban J connectivity index is 2.09. The van der Waals surface area contributed by atoms with Crippen LogP contribution in [0.25, 0.3) is 0 Å². The van der Waals surface area contributed by atoms with Crippen LogP contribution in [0.3, 0.4) is 0 Å². The first-order chi connectivity index (χ1) is 9.16. The number of nitrogens with one attached hydrogen (secondary N) is 1. The van der Waals surface area contributed by atoms with Gasteiger partial charge in [-0.15, -0.1) is 0 Å². The van der Waals surface area contributed by atoms with E-state index >= 15 is 0 Å². The molecular formula is C15H14N2O2. The Morgan fingerprint density at radius 3 is 2.26 bits per heavy atom. The molecule has 0 spiro atoms. The number of benzene rings is 2. The molecule has 0 radical (unpaired) electrons. The third-order valence-electron chi connectivity index (χ3n) is 2.69. The number of nitrogens with two attached hydrogens (primary N) is 1. The molecular weight excluding hydrogens is 240 g/mol. The van der Waals surface area contributed by atoms with Crippen LogP contribution < -0.4 is 11.1 Å². The fraction of sp³-hybridized carbons (Fsp3) is 0.0667. The minimum atomic E-state index is -0.525. The first-order valence-electron chi connectivity index (χ1n) is 5.89. The summed E-state index contributed by atoms with van der Waals surface area (Å²) in [7, 11) is 0. The molecule has 0 fully saturated rings. The molecule has 2 aromatic carbocycles. The molecule has 0 saturated carbocycles. The Morgan fingerprint density at radius 2 is 1.58 bits per heavy atom. The molecule has 0 aromatic heterocycles. The Hall–Kier alpha value is -2.62. The zero-order valence-corrected chi connectivity index (χ0v) is 10.3. The van der Waals surface area contributed by atoms with Gasteiger partial charge in [-0.05, 0) is 23.8 Å². The summed E-state index contributed by atoms with van der Waals surface area (Å²) < 4.78 is 0. The van der Waals surface area contributed by atoms with Crippen molar-refractivity contribution in [1.82, 2.24) is 0 Å². The molecule has 2 amide bonds. The van der Waals surface area contributed by atoms with Crippen LogP contribution >= 0.6 is 0 Å². The number of anilines is 1. The van der Waals surface area contributed by atoms with Gasteiger partial charge in [0, 0.05) is 11.3 Å². The maximum atomic E-state index is 11.9. The van der Waals surface area contributed by atoms with Crippen molar-refractivity contribution < 1.29 is 9.59 Å². The van der Waals surface area contributed by atoms with Crippen molar-refractivity contribution >= 4 is 17.5 Å². The lowest BCUT2D eigenvalue weighted by molar-refractivity contribution is -0.115. The third kappa shape index (κ3) is 3.42. The highest BCUT2D eigenvalue weighted by molar-refractivity contribution is 5.98. The van der Waals surface area contributed by atoms with Crippen molar-refractivity contribution in [2.45, 2.75) is 6.42 Å². The van der Waals surface area contributed by atoms with E-state index in [1.54, 1.807) is 36.4 Å². The van der Waals surface area contributed by atoms with Crippen LogP contribution in [0.5, 0.6) is 0 Å². The quantitative estimate of drug-likeness (QED) is 0.875. The van der Waals surface area contributed by atoms with E-state index in [9.17, 15) is 9.59 Å². The fourth-order valence-corrected chi connectivity index (χ4v) is 1.81. The predicted molar refractivity (Wildman–Crippen MR) is 73.7 cm³/mol. The van der Waals surface area contributed by atoms with Gasteiger partial charge in [0.05, 0.1) is 6.42 Å².